The average Bonchev–Trinajstić information content (AvgIpc) is 2.58. The first-order valence-corrected chi connectivity index (χ1v) is 8.08. The van der Waals surface area contributed by atoms with Crippen molar-refractivity contribution < 1.29 is 0 Å². The van der Waals surface area contributed by atoms with Crippen molar-refractivity contribution >= 4 is 0 Å². The lowest BCUT2D eigenvalue weighted by atomic mass is 9.88. The van der Waals surface area contributed by atoms with Crippen LogP contribution in [0.4, 0.5) is 0 Å². The first kappa shape index (κ1) is 15.5. The van der Waals surface area contributed by atoms with Gasteiger partial charge in [0.2, 0.25) is 0 Å². The second-order valence-electron chi connectivity index (χ2n) is 6.66. The molecule has 1 aromatic rings. The molecule has 2 unspecified atom stereocenters. The van der Waals surface area contributed by atoms with Crippen LogP contribution in [-0.4, -0.2) is 31.1 Å². The number of likely N-dealkylation sites (tertiary alicyclic amines) is 1. The Bertz CT molecular complexity index is 414. The number of benzene rings is 1. The Kier molecular flexibility index (Phi) is 5.62. The minimum Gasteiger partial charge on any atom is -0.314 e. The molecule has 112 valence electrons. The van der Waals surface area contributed by atoms with E-state index < -0.39 is 0 Å². The molecule has 20 heavy (non-hydrogen) atoms. The summed E-state index contributed by atoms with van der Waals surface area (Å²) >= 11 is 0. The van der Waals surface area contributed by atoms with Gasteiger partial charge in [-0.1, -0.05) is 50.1 Å². The Balaban J connectivity index is 2.21. The fourth-order valence-electron chi connectivity index (χ4n) is 3.41. The van der Waals surface area contributed by atoms with E-state index in [0.29, 0.717) is 18.0 Å². The van der Waals surface area contributed by atoms with Gasteiger partial charge in [0.05, 0.1) is 0 Å². The van der Waals surface area contributed by atoms with Gasteiger partial charge in [0.25, 0.3) is 0 Å². The zero-order valence-electron chi connectivity index (χ0n) is 13.5. The summed E-state index contributed by atoms with van der Waals surface area (Å²) in [6, 6.07) is 10.2. The Morgan fingerprint density at radius 3 is 2.80 bits per heavy atom. The Labute approximate surface area is 124 Å². The zero-order chi connectivity index (χ0) is 14.5. The van der Waals surface area contributed by atoms with Crippen molar-refractivity contribution in [1.82, 2.24) is 10.2 Å². The lowest BCUT2D eigenvalue weighted by Crippen LogP contribution is -2.37. The van der Waals surface area contributed by atoms with E-state index in [1.165, 1.54) is 36.9 Å². The van der Waals surface area contributed by atoms with Gasteiger partial charge in [0, 0.05) is 18.6 Å². The van der Waals surface area contributed by atoms with Crippen molar-refractivity contribution in [2.75, 3.05) is 20.1 Å². The fourth-order valence-corrected chi connectivity index (χ4v) is 3.41. The third kappa shape index (κ3) is 4.07. The van der Waals surface area contributed by atoms with Gasteiger partial charge in [-0.2, -0.15) is 0 Å². The maximum absolute atomic E-state index is 3.65. The van der Waals surface area contributed by atoms with Crippen molar-refractivity contribution in [3.63, 3.8) is 0 Å². The quantitative estimate of drug-likeness (QED) is 0.899. The summed E-state index contributed by atoms with van der Waals surface area (Å²) < 4.78 is 0. The standard InChI is InChI=1S/C18H30N2/c1-14(2)19-13-17-9-5-6-11-20(4)18(17)16-10-7-8-15(3)12-16/h7-8,10,12,14,17-19H,5-6,9,11,13H2,1-4H3. The predicted molar refractivity (Wildman–Crippen MR) is 87.0 cm³/mol. The molecule has 1 saturated heterocycles. The molecule has 0 amide bonds. The van der Waals surface area contributed by atoms with Crippen LogP contribution in [0.5, 0.6) is 0 Å². The summed E-state index contributed by atoms with van der Waals surface area (Å²) in [6.07, 6.45) is 4.02. The largest absolute Gasteiger partial charge is 0.314 e. The first-order chi connectivity index (χ1) is 9.58. The Morgan fingerprint density at radius 1 is 1.30 bits per heavy atom. The molecule has 2 rings (SSSR count). The van der Waals surface area contributed by atoms with Gasteiger partial charge in [-0.25, -0.2) is 0 Å². The van der Waals surface area contributed by atoms with Gasteiger partial charge in [-0.3, -0.25) is 4.90 Å². The lowest BCUT2D eigenvalue weighted by molar-refractivity contribution is 0.187. The van der Waals surface area contributed by atoms with Crippen LogP contribution in [0.25, 0.3) is 0 Å². The molecular weight excluding hydrogens is 244 g/mol. The molecule has 0 bridgehead atoms. The van der Waals surface area contributed by atoms with E-state index in [2.05, 4.69) is 62.3 Å². The van der Waals surface area contributed by atoms with Gasteiger partial charge in [0.1, 0.15) is 0 Å². The van der Waals surface area contributed by atoms with Crippen LogP contribution >= 0.6 is 0 Å². The number of hydrogen-bond donors (Lipinski definition) is 1. The third-order valence-corrected chi connectivity index (χ3v) is 4.43. The highest BCUT2D eigenvalue weighted by Crippen LogP contribution is 2.34. The van der Waals surface area contributed by atoms with Gasteiger partial charge in [-0.15, -0.1) is 0 Å². The normalized spacial score (nSPS) is 24.9. The van der Waals surface area contributed by atoms with Gasteiger partial charge >= 0.3 is 0 Å². The minimum atomic E-state index is 0.559. The predicted octanol–water partition coefficient (Wildman–Crippen LogP) is 3.77. The summed E-state index contributed by atoms with van der Waals surface area (Å²) in [5.74, 6) is 0.715. The molecule has 2 heteroatoms. The topological polar surface area (TPSA) is 15.3 Å². The van der Waals surface area contributed by atoms with Crippen LogP contribution < -0.4 is 5.32 Å². The van der Waals surface area contributed by atoms with Gasteiger partial charge in [-0.05, 0) is 44.8 Å². The highest BCUT2D eigenvalue weighted by Gasteiger charge is 2.28. The molecule has 0 aromatic heterocycles. The maximum Gasteiger partial charge on any atom is 0.0385 e. The first-order valence-electron chi connectivity index (χ1n) is 8.08. The molecule has 1 N–H and O–H groups in total. The smallest absolute Gasteiger partial charge is 0.0385 e. The molecule has 0 aliphatic carbocycles. The average molecular weight is 274 g/mol. The van der Waals surface area contributed by atoms with E-state index in [1.54, 1.807) is 0 Å². The van der Waals surface area contributed by atoms with Crippen LogP contribution in [0.3, 0.4) is 0 Å². The van der Waals surface area contributed by atoms with E-state index in [1.807, 2.05) is 0 Å². The molecule has 1 heterocycles. The summed E-state index contributed by atoms with van der Waals surface area (Å²) in [5, 5.41) is 3.65. The molecule has 1 aliphatic heterocycles. The van der Waals surface area contributed by atoms with Gasteiger partial charge in [0.15, 0.2) is 0 Å². The van der Waals surface area contributed by atoms with Crippen molar-refractivity contribution in [2.45, 2.75) is 52.1 Å². The van der Waals surface area contributed by atoms with Crippen LogP contribution in [0, 0.1) is 12.8 Å². The van der Waals surface area contributed by atoms with Crippen molar-refractivity contribution in [3.05, 3.63) is 35.4 Å². The number of rotatable bonds is 4. The number of nitrogens with one attached hydrogen (secondary N) is 1. The number of nitrogens with zero attached hydrogens (tertiary/aromatic N) is 1. The van der Waals surface area contributed by atoms with Crippen molar-refractivity contribution in [1.29, 1.82) is 0 Å². The summed E-state index contributed by atoms with van der Waals surface area (Å²) in [4.78, 5) is 2.56. The number of aryl methyl sites for hydroxylation is 1. The second-order valence-corrected chi connectivity index (χ2v) is 6.66. The summed E-state index contributed by atoms with van der Waals surface area (Å²) in [5.41, 5.74) is 2.86. The van der Waals surface area contributed by atoms with E-state index in [-0.39, 0.29) is 0 Å². The van der Waals surface area contributed by atoms with E-state index in [9.17, 15) is 0 Å². The number of hydrogen-bond acceptors (Lipinski definition) is 2. The lowest BCUT2D eigenvalue weighted by Gasteiger charge is -2.33. The van der Waals surface area contributed by atoms with Crippen LogP contribution in [0.15, 0.2) is 24.3 Å². The highest BCUT2D eigenvalue weighted by atomic mass is 15.1. The fraction of sp³-hybridized carbons (Fsp3) is 0.667. The molecule has 0 radical (unpaired) electrons. The summed E-state index contributed by atoms with van der Waals surface area (Å²) in [6.45, 7) is 9.02. The highest BCUT2D eigenvalue weighted by molar-refractivity contribution is 5.26. The second kappa shape index (κ2) is 7.24. The Morgan fingerprint density at radius 2 is 2.10 bits per heavy atom. The molecule has 0 spiro atoms. The van der Waals surface area contributed by atoms with Crippen LogP contribution in [-0.2, 0) is 0 Å². The SMILES string of the molecule is Cc1cccc(C2C(CNC(C)C)CCCCN2C)c1. The molecule has 1 fully saturated rings. The molecule has 0 saturated carbocycles. The van der Waals surface area contributed by atoms with Crippen LogP contribution in [0.1, 0.15) is 50.3 Å². The Hall–Kier alpha value is -0.860. The molecule has 1 aliphatic rings. The zero-order valence-corrected chi connectivity index (χ0v) is 13.5. The van der Waals surface area contributed by atoms with Crippen molar-refractivity contribution in [2.24, 2.45) is 5.92 Å². The molecule has 2 atom stereocenters. The van der Waals surface area contributed by atoms with Crippen molar-refractivity contribution in [3.8, 4) is 0 Å². The van der Waals surface area contributed by atoms with Gasteiger partial charge < -0.3 is 5.32 Å². The maximum atomic E-state index is 3.65. The molecular formula is C18H30N2. The summed E-state index contributed by atoms with van der Waals surface area (Å²) in [7, 11) is 2.29. The monoisotopic (exact) mass is 274 g/mol. The molecule has 1 aromatic carbocycles. The van der Waals surface area contributed by atoms with E-state index >= 15 is 0 Å². The third-order valence-electron chi connectivity index (χ3n) is 4.43. The molecule has 2 nitrogen and oxygen atoms in total. The van der Waals surface area contributed by atoms with E-state index in [0.717, 1.165) is 6.54 Å². The van der Waals surface area contributed by atoms with E-state index in [4.69, 9.17) is 0 Å². The van der Waals surface area contributed by atoms with Crippen LogP contribution in [0.2, 0.25) is 0 Å². The minimum absolute atomic E-state index is 0.559.